The van der Waals surface area contributed by atoms with E-state index in [0.717, 1.165) is 0 Å². The molecule has 0 heterocycles. The quantitative estimate of drug-likeness (QED) is 0.570. The summed E-state index contributed by atoms with van der Waals surface area (Å²) < 4.78 is 0. The Hall–Kier alpha value is -0.590. The first-order valence-corrected chi connectivity index (χ1v) is 3.93. The molecule has 0 saturated heterocycles. The van der Waals surface area contributed by atoms with Gasteiger partial charge < -0.3 is 10.4 Å². The van der Waals surface area contributed by atoms with E-state index < -0.39 is 0 Å². The zero-order valence-electron chi connectivity index (χ0n) is 7.17. The molecule has 0 aliphatic heterocycles. The monoisotopic (exact) mass is 156 g/mol. The molecule has 0 aromatic heterocycles. The number of rotatable bonds is 5. The summed E-state index contributed by atoms with van der Waals surface area (Å²) in [5, 5.41) is 20.1. The summed E-state index contributed by atoms with van der Waals surface area (Å²) in [4.78, 5) is 0. The van der Waals surface area contributed by atoms with Gasteiger partial charge in [-0.3, -0.25) is 0 Å². The van der Waals surface area contributed by atoms with Crippen molar-refractivity contribution in [2.24, 2.45) is 5.92 Å². The number of aliphatic hydroxyl groups excluding tert-OH is 1. The summed E-state index contributed by atoms with van der Waals surface area (Å²) in [7, 11) is 0. The van der Waals surface area contributed by atoms with Crippen LogP contribution >= 0.6 is 0 Å². The average molecular weight is 156 g/mol. The summed E-state index contributed by atoms with van der Waals surface area (Å²) in [5.74, 6) is 0.258. The minimum absolute atomic E-state index is 0.195. The van der Waals surface area contributed by atoms with Crippen molar-refractivity contribution in [3.8, 4) is 6.07 Å². The maximum atomic E-state index is 8.76. The van der Waals surface area contributed by atoms with Gasteiger partial charge in [-0.15, -0.1) is 0 Å². The molecule has 0 fully saturated rings. The van der Waals surface area contributed by atoms with E-state index in [-0.39, 0.29) is 18.6 Å². The fourth-order valence-electron chi connectivity index (χ4n) is 0.715. The van der Waals surface area contributed by atoms with Gasteiger partial charge in [-0.05, 0) is 12.8 Å². The predicted octanol–water partition coefficient (Wildman–Crippen LogP) is 0.507. The lowest BCUT2D eigenvalue weighted by Crippen LogP contribution is -2.34. The van der Waals surface area contributed by atoms with Gasteiger partial charge in [0, 0.05) is 25.6 Å². The van der Waals surface area contributed by atoms with E-state index in [2.05, 4.69) is 11.4 Å². The highest BCUT2D eigenvalue weighted by molar-refractivity contribution is 4.73. The highest BCUT2D eigenvalue weighted by Crippen LogP contribution is 1.99. The van der Waals surface area contributed by atoms with Gasteiger partial charge in [-0.2, -0.15) is 5.26 Å². The lowest BCUT2D eigenvalue weighted by Gasteiger charge is -2.18. The van der Waals surface area contributed by atoms with Crippen molar-refractivity contribution in [1.82, 2.24) is 5.32 Å². The van der Waals surface area contributed by atoms with Crippen LogP contribution in [0.4, 0.5) is 0 Å². The largest absolute Gasteiger partial charge is 0.396 e. The Morgan fingerprint density at radius 1 is 1.55 bits per heavy atom. The minimum Gasteiger partial charge on any atom is -0.396 e. The van der Waals surface area contributed by atoms with E-state index >= 15 is 0 Å². The Labute approximate surface area is 68.0 Å². The average Bonchev–Trinajstić information content (AvgIpc) is 2.03. The Bertz CT molecular complexity index is 131. The van der Waals surface area contributed by atoms with E-state index in [1.807, 2.05) is 13.8 Å². The molecular weight excluding hydrogens is 140 g/mol. The molecule has 2 atom stereocenters. The van der Waals surface area contributed by atoms with Crippen molar-refractivity contribution < 1.29 is 5.11 Å². The molecule has 0 bridgehead atoms. The van der Waals surface area contributed by atoms with E-state index in [9.17, 15) is 0 Å². The van der Waals surface area contributed by atoms with Crippen LogP contribution in [0.25, 0.3) is 0 Å². The summed E-state index contributed by atoms with van der Waals surface area (Å²) in [6.45, 7) is 4.89. The second-order valence-corrected chi connectivity index (χ2v) is 2.81. The maximum absolute atomic E-state index is 8.76. The second-order valence-electron chi connectivity index (χ2n) is 2.81. The Kier molecular flexibility index (Phi) is 5.81. The molecular formula is C8H16N2O. The van der Waals surface area contributed by atoms with Gasteiger partial charge in [0.25, 0.3) is 0 Å². The van der Waals surface area contributed by atoms with Crippen LogP contribution in [0.2, 0.25) is 0 Å². The number of hydrogen-bond donors (Lipinski definition) is 2. The zero-order chi connectivity index (χ0) is 8.69. The third kappa shape index (κ3) is 4.77. The van der Waals surface area contributed by atoms with Crippen LogP contribution in [-0.2, 0) is 0 Å². The first kappa shape index (κ1) is 10.4. The standard InChI is InChI=1S/C8H16N2O/c1-7(6-11)8(2)10-5-3-4-9/h7-8,10-11H,3,5-6H2,1-2H3. The molecule has 3 heteroatoms. The molecule has 0 radical (unpaired) electrons. The van der Waals surface area contributed by atoms with Gasteiger partial charge in [0.2, 0.25) is 0 Å². The SMILES string of the molecule is CC(CO)C(C)NCCC#N. The summed E-state index contributed by atoms with van der Waals surface area (Å²) >= 11 is 0. The Morgan fingerprint density at radius 3 is 2.64 bits per heavy atom. The first-order chi connectivity index (χ1) is 5.22. The van der Waals surface area contributed by atoms with Gasteiger partial charge in [0.1, 0.15) is 0 Å². The molecule has 11 heavy (non-hydrogen) atoms. The van der Waals surface area contributed by atoms with Gasteiger partial charge in [0.05, 0.1) is 6.07 Å². The fraction of sp³-hybridized carbons (Fsp3) is 0.875. The van der Waals surface area contributed by atoms with E-state index in [0.29, 0.717) is 13.0 Å². The van der Waals surface area contributed by atoms with E-state index in [4.69, 9.17) is 10.4 Å². The van der Waals surface area contributed by atoms with Crippen molar-refractivity contribution in [2.75, 3.05) is 13.2 Å². The Balaban J connectivity index is 3.37. The third-order valence-corrected chi connectivity index (χ3v) is 1.84. The zero-order valence-corrected chi connectivity index (χ0v) is 7.17. The lowest BCUT2D eigenvalue weighted by atomic mass is 10.1. The van der Waals surface area contributed by atoms with Crippen LogP contribution in [0.3, 0.4) is 0 Å². The van der Waals surface area contributed by atoms with Crippen molar-refractivity contribution in [3.05, 3.63) is 0 Å². The van der Waals surface area contributed by atoms with Crippen molar-refractivity contribution in [1.29, 1.82) is 5.26 Å². The molecule has 0 rings (SSSR count). The van der Waals surface area contributed by atoms with Crippen LogP contribution in [0.15, 0.2) is 0 Å². The van der Waals surface area contributed by atoms with E-state index in [1.165, 1.54) is 0 Å². The number of aliphatic hydroxyl groups is 1. The van der Waals surface area contributed by atoms with Crippen LogP contribution < -0.4 is 5.32 Å². The van der Waals surface area contributed by atoms with E-state index in [1.54, 1.807) is 0 Å². The third-order valence-electron chi connectivity index (χ3n) is 1.84. The highest BCUT2D eigenvalue weighted by atomic mass is 16.3. The molecule has 2 N–H and O–H groups in total. The molecule has 3 nitrogen and oxygen atoms in total. The Morgan fingerprint density at radius 2 is 2.18 bits per heavy atom. The predicted molar refractivity (Wildman–Crippen MR) is 43.9 cm³/mol. The number of nitrogens with one attached hydrogen (secondary N) is 1. The molecule has 0 aliphatic carbocycles. The van der Waals surface area contributed by atoms with Gasteiger partial charge >= 0.3 is 0 Å². The summed E-state index contributed by atoms with van der Waals surface area (Å²) in [5.41, 5.74) is 0. The summed E-state index contributed by atoms with van der Waals surface area (Å²) in [6.07, 6.45) is 0.530. The van der Waals surface area contributed by atoms with Gasteiger partial charge in [-0.25, -0.2) is 0 Å². The molecule has 0 aromatic carbocycles. The lowest BCUT2D eigenvalue weighted by molar-refractivity contribution is 0.208. The number of nitrogens with zero attached hydrogens (tertiary/aromatic N) is 1. The molecule has 0 saturated carbocycles. The molecule has 0 amide bonds. The second kappa shape index (κ2) is 6.14. The van der Waals surface area contributed by atoms with Crippen LogP contribution in [0, 0.1) is 17.2 Å². The van der Waals surface area contributed by atoms with Crippen LogP contribution in [-0.4, -0.2) is 24.3 Å². The molecule has 64 valence electrons. The smallest absolute Gasteiger partial charge is 0.0635 e. The number of nitriles is 1. The highest BCUT2D eigenvalue weighted by Gasteiger charge is 2.08. The maximum Gasteiger partial charge on any atom is 0.0635 e. The van der Waals surface area contributed by atoms with Crippen molar-refractivity contribution in [2.45, 2.75) is 26.3 Å². The van der Waals surface area contributed by atoms with Crippen LogP contribution in [0.5, 0.6) is 0 Å². The van der Waals surface area contributed by atoms with Crippen LogP contribution in [0.1, 0.15) is 20.3 Å². The van der Waals surface area contributed by atoms with Crippen molar-refractivity contribution >= 4 is 0 Å². The molecule has 0 aliphatic rings. The molecule has 0 aromatic rings. The number of hydrogen-bond acceptors (Lipinski definition) is 3. The topological polar surface area (TPSA) is 56.0 Å². The van der Waals surface area contributed by atoms with Gasteiger partial charge in [-0.1, -0.05) is 6.92 Å². The molecule has 2 unspecified atom stereocenters. The van der Waals surface area contributed by atoms with Crippen molar-refractivity contribution in [3.63, 3.8) is 0 Å². The fourth-order valence-corrected chi connectivity index (χ4v) is 0.715. The first-order valence-electron chi connectivity index (χ1n) is 3.93. The normalized spacial score (nSPS) is 15.5. The van der Waals surface area contributed by atoms with Gasteiger partial charge in [0.15, 0.2) is 0 Å². The summed E-state index contributed by atoms with van der Waals surface area (Å²) in [6, 6.07) is 2.34. The molecule has 0 spiro atoms. The minimum atomic E-state index is 0.195.